The molecule has 2 fully saturated rings. The van der Waals surface area contributed by atoms with Crippen LogP contribution in [0.5, 0.6) is 5.75 Å². The first-order valence-electron chi connectivity index (χ1n) is 8.92. The van der Waals surface area contributed by atoms with Gasteiger partial charge in [-0.2, -0.15) is 0 Å². The molecule has 2 aliphatic heterocycles. The normalized spacial score (nSPS) is 22.3. The van der Waals surface area contributed by atoms with Gasteiger partial charge in [0.15, 0.2) is 0 Å². The second-order valence-corrected chi connectivity index (χ2v) is 7.17. The predicted octanol–water partition coefficient (Wildman–Crippen LogP) is 1.57. The fraction of sp³-hybridized carbons (Fsp3) is 0.579. The van der Waals surface area contributed by atoms with Crippen molar-refractivity contribution in [3.63, 3.8) is 0 Å². The first-order valence-corrected chi connectivity index (χ1v) is 8.92. The number of ether oxygens (including phenoxy) is 1. The van der Waals surface area contributed by atoms with Crippen LogP contribution in [0.15, 0.2) is 18.2 Å². The maximum atomic E-state index is 12.6. The molecular weight excluding hydrogens is 318 g/mol. The third kappa shape index (κ3) is 3.95. The molecule has 0 bridgehead atoms. The topological polar surface area (TPSA) is 61.9 Å². The van der Waals surface area contributed by atoms with Crippen LogP contribution in [-0.4, -0.2) is 56.5 Å². The van der Waals surface area contributed by atoms with E-state index in [0.29, 0.717) is 12.3 Å². The summed E-state index contributed by atoms with van der Waals surface area (Å²) in [6.07, 6.45) is 2.20. The molecule has 136 valence electrons. The van der Waals surface area contributed by atoms with Gasteiger partial charge < -0.3 is 19.9 Å². The number of carbonyl (C=O) groups excluding carboxylic acids is 2. The Morgan fingerprint density at radius 2 is 2.00 bits per heavy atom. The molecule has 3 rings (SSSR count). The van der Waals surface area contributed by atoms with Crippen molar-refractivity contribution in [2.45, 2.75) is 32.2 Å². The van der Waals surface area contributed by atoms with Gasteiger partial charge in [-0.05, 0) is 57.6 Å². The summed E-state index contributed by atoms with van der Waals surface area (Å²) in [5.74, 6) is 0.345. The molecule has 0 radical (unpaired) electrons. The van der Waals surface area contributed by atoms with Crippen molar-refractivity contribution in [1.29, 1.82) is 0 Å². The molecule has 1 N–H and O–H groups in total. The number of piperidine rings is 1. The van der Waals surface area contributed by atoms with E-state index in [1.807, 2.05) is 25.1 Å². The lowest BCUT2D eigenvalue weighted by atomic mass is 10.0. The van der Waals surface area contributed by atoms with E-state index < -0.39 is 0 Å². The fourth-order valence-electron chi connectivity index (χ4n) is 3.60. The Bertz CT molecular complexity index is 653. The number of anilines is 1. The Morgan fingerprint density at radius 1 is 1.28 bits per heavy atom. The summed E-state index contributed by atoms with van der Waals surface area (Å²) < 4.78 is 5.39. The van der Waals surface area contributed by atoms with E-state index >= 15 is 0 Å². The fourth-order valence-corrected chi connectivity index (χ4v) is 3.60. The number of benzene rings is 1. The van der Waals surface area contributed by atoms with Crippen molar-refractivity contribution in [2.24, 2.45) is 5.92 Å². The van der Waals surface area contributed by atoms with Gasteiger partial charge in [0.25, 0.3) is 0 Å². The van der Waals surface area contributed by atoms with Gasteiger partial charge in [0, 0.05) is 19.0 Å². The summed E-state index contributed by atoms with van der Waals surface area (Å²) in [5.41, 5.74) is 1.81. The number of nitrogens with zero attached hydrogens (tertiary/aromatic N) is 2. The van der Waals surface area contributed by atoms with E-state index in [-0.39, 0.29) is 30.2 Å². The minimum atomic E-state index is -0.294. The quantitative estimate of drug-likeness (QED) is 0.900. The van der Waals surface area contributed by atoms with Crippen molar-refractivity contribution in [3.8, 4) is 5.75 Å². The summed E-state index contributed by atoms with van der Waals surface area (Å²) in [7, 11) is 3.69. The maximum Gasteiger partial charge on any atom is 0.227 e. The molecule has 0 saturated carbocycles. The van der Waals surface area contributed by atoms with Crippen LogP contribution < -0.4 is 15.0 Å². The highest BCUT2D eigenvalue weighted by Gasteiger charge is 2.37. The molecule has 6 nitrogen and oxygen atoms in total. The van der Waals surface area contributed by atoms with E-state index in [4.69, 9.17) is 4.74 Å². The lowest BCUT2D eigenvalue weighted by Gasteiger charge is -2.30. The van der Waals surface area contributed by atoms with Crippen LogP contribution in [0.2, 0.25) is 0 Å². The third-order valence-corrected chi connectivity index (χ3v) is 5.19. The number of hydrogen-bond acceptors (Lipinski definition) is 4. The van der Waals surface area contributed by atoms with Crippen LogP contribution in [0.3, 0.4) is 0 Å². The summed E-state index contributed by atoms with van der Waals surface area (Å²) >= 11 is 0. The molecule has 25 heavy (non-hydrogen) atoms. The minimum absolute atomic E-state index is 0.00276. The van der Waals surface area contributed by atoms with Gasteiger partial charge in [-0.3, -0.25) is 9.59 Å². The SMILES string of the molecule is COc1ccc(C)cc1N1CC(C(=O)NC2CCN(C)CC2)CC1=O. The highest BCUT2D eigenvalue weighted by atomic mass is 16.5. The second-order valence-electron chi connectivity index (χ2n) is 7.17. The zero-order chi connectivity index (χ0) is 18.0. The average molecular weight is 345 g/mol. The Morgan fingerprint density at radius 3 is 2.68 bits per heavy atom. The summed E-state index contributed by atoms with van der Waals surface area (Å²) in [6.45, 7) is 4.40. The molecule has 1 aromatic carbocycles. The van der Waals surface area contributed by atoms with Crippen LogP contribution >= 0.6 is 0 Å². The summed E-state index contributed by atoms with van der Waals surface area (Å²) in [4.78, 5) is 29.0. The molecule has 2 heterocycles. The van der Waals surface area contributed by atoms with E-state index in [9.17, 15) is 9.59 Å². The zero-order valence-corrected chi connectivity index (χ0v) is 15.2. The summed E-state index contributed by atoms with van der Waals surface area (Å²) in [5, 5.41) is 3.14. The molecular formula is C19H27N3O3. The Labute approximate surface area is 149 Å². The van der Waals surface area contributed by atoms with E-state index in [1.54, 1.807) is 12.0 Å². The molecule has 0 spiro atoms. The van der Waals surface area contributed by atoms with E-state index in [1.165, 1.54) is 0 Å². The van der Waals surface area contributed by atoms with Gasteiger partial charge in [-0.25, -0.2) is 0 Å². The third-order valence-electron chi connectivity index (χ3n) is 5.19. The molecule has 1 aromatic rings. The molecule has 0 aromatic heterocycles. The first-order chi connectivity index (χ1) is 12.0. The Balaban J connectivity index is 1.66. The number of aryl methyl sites for hydroxylation is 1. The minimum Gasteiger partial charge on any atom is -0.495 e. The standard InChI is InChI=1S/C19H27N3O3/c1-13-4-5-17(25-3)16(10-13)22-12-14(11-18(22)23)19(24)20-15-6-8-21(2)9-7-15/h4-5,10,14-15H,6-9,11-12H2,1-3H3,(H,20,24). The number of nitrogens with one attached hydrogen (secondary N) is 1. The van der Waals surface area contributed by atoms with Gasteiger partial charge in [-0.15, -0.1) is 0 Å². The van der Waals surface area contributed by atoms with Crippen molar-refractivity contribution in [3.05, 3.63) is 23.8 Å². The molecule has 1 atom stereocenters. The smallest absolute Gasteiger partial charge is 0.227 e. The second kappa shape index (κ2) is 7.44. The van der Waals surface area contributed by atoms with Crippen LogP contribution in [0.1, 0.15) is 24.8 Å². The molecule has 2 aliphatic rings. The van der Waals surface area contributed by atoms with Crippen molar-refractivity contribution >= 4 is 17.5 Å². The van der Waals surface area contributed by atoms with E-state index in [0.717, 1.165) is 37.2 Å². The number of carbonyl (C=O) groups is 2. The number of rotatable bonds is 4. The Hall–Kier alpha value is -2.08. The Kier molecular flexibility index (Phi) is 5.27. The number of amides is 2. The molecule has 2 amide bonds. The predicted molar refractivity (Wildman–Crippen MR) is 96.9 cm³/mol. The van der Waals surface area contributed by atoms with Crippen LogP contribution in [0.25, 0.3) is 0 Å². The largest absolute Gasteiger partial charge is 0.495 e. The maximum absolute atomic E-state index is 12.6. The van der Waals surface area contributed by atoms with Crippen molar-refractivity contribution in [1.82, 2.24) is 10.2 Å². The highest BCUT2D eigenvalue weighted by molar-refractivity contribution is 6.01. The van der Waals surface area contributed by atoms with Crippen molar-refractivity contribution < 1.29 is 14.3 Å². The van der Waals surface area contributed by atoms with Gasteiger partial charge in [0.05, 0.1) is 18.7 Å². The van der Waals surface area contributed by atoms with Crippen LogP contribution in [-0.2, 0) is 9.59 Å². The molecule has 2 saturated heterocycles. The average Bonchev–Trinajstić information content (AvgIpc) is 2.98. The lowest BCUT2D eigenvalue weighted by molar-refractivity contribution is -0.127. The summed E-state index contributed by atoms with van der Waals surface area (Å²) in [6, 6.07) is 5.98. The van der Waals surface area contributed by atoms with E-state index in [2.05, 4.69) is 17.3 Å². The highest BCUT2D eigenvalue weighted by Crippen LogP contribution is 2.34. The molecule has 1 unspecified atom stereocenters. The molecule has 0 aliphatic carbocycles. The van der Waals surface area contributed by atoms with Gasteiger partial charge in [-0.1, -0.05) is 6.07 Å². The first kappa shape index (κ1) is 17.7. The van der Waals surface area contributed by atoms with Gasteiger partial charge >= 0.3 is 0 Å². The zero-order valence-electron chi connectivity index (χ0n) is 15.2. The van der Waals surface area contributed by atoms with Crippen molar-refractivity contribution in [2.75, 3.05) is 38.7 Å². The number of likely N-dealkylation sites (tertiary alicyclic amines) is 1. The lowest BCUT2D eigenvalue weighted by Crippen LogP contribution is -2.45. The monoisotopic (exact) mass is 345 g/mol. The van der Waals surface area contributed by atoms with Crippen LogP contribution in [0, 0.1) is 12.8 Å². The number of methoxy groups -OCH3 is 1. The number of hydrogen-bond donors (Lipinski definition) is 1. The van der Waals surface area contributed by atoms with Gasteiger partial charge in [0.1, 0.15) is 5.75 Å². The molecule has 6 heteroatoms. The van der Waals surface area contributed by atoms with Crippen LogP contribution in [0.4, 0.5) is 5.69 Å². The van der Waals surface area contributed by atoms with Gasteiger partial charge in [0.2, 0.25) is 11.8 Å².